The summed E-state index contributed by atoms with van der Waals surface area (Å²) in [6.45, 7) is 19.2. The molecule has 5 nitrogen and oxygen atoms in total. The van der Waals surface area contributed by atoms with Crippen LogP contribution in [0.3, 0.4) is 0 Å². The van der Waals surface area contributed by atoms with E-state index in [0.717, 1.165) is 43.6 Å². The zero-order valence-corrected chi connectivity index (χ0v) is 15.6. The molecule has 0 rings (SSSR count). The number of rotatable bonds is 11. The second-order valence-electron chi connectivity index (χ2n) is 6.85. The number of allylic oxidation sites excluding steroid dienone is 1. The fourth-order valence-electron chi connectivity index (χ4n) is 2.02. The van der Waals surface area contributed by atoms with E-state index in [1.807, 2.05) is 27.7 Å². The lowest BCUT2D eigenvalue weighted by atomic mass is 10.1. The highest BCUT2D eigenvalue weighted by Gasteiger charge is 2.15. The zero-order valence-electron chi connectivity index (χ0n) is 15.6. The van der Waals surface area contributed by atoms with Crippen molar-refractivity contribution in [3.63, 3.8) is 0 Å². The molecule has 1 atom stereocenters. The Bertz CT molecular complexity index is 386. The molecular formula is C18H35N3O2. The SMILES string of the molecule is C=C(C)N[C@@H](CCCCNC(=O)OC(C)(C)C)C(=C)NCCC. The van der Waals surface area contributed by atoms with Crippen LogP contribution in [0.25, 0.3) is 0 Å². The molecule has 0 heterocycles. The lowest BCUT2D eigenvalue weighted by Gasteiger charge is -2.23. The highest BCUT2D eigenvalue weighted by atomic mass is 16.6. The molecule has 23 heavy (non-hydrogen) atoms. The van der Waals surface area contributed by atoms with Gasteiger partial charge in [0.1, 0.15) is 5.60 Å². The minimum atomic E-state index is -0.455. The van der Waals surface area contributed by atoms with Crippen LogP contribution in [0.15, 0.2) is 24.6 Å². The Labute approximate surface area is 141 Å². The molecule has 0 aliphatic heterocycles. The number of nitrogens with one attached hydrogen (secondary N) is 3. The van der Waals surface area contributed by atoms with Crippen molar-refractivity contribution in [1.82, 2.24) is 16.0 Å². The number of ether oxygens (including phenoxy) is 1. The van der Waals surface area contributed by atoms with Crippen molar-refractivity contribution in [3.05, 3.63) is 24.6 Å². The monoisotopic (exact) mass is 325 g/mol. The molecule has 0 saturated heterocycles. The maximum absolute atomic E-state index is 11.5. The second kappa shape index (κ2) is 11.0. The van der Waals surface area contributed by atoms with Gasteiger partial charge in [0.2, 0.25) is 0 Å². The molecule has 0 saturated carbocycles. The van der Waals surface area contributed by atoms with Gasteiger partial charge in [-0.3, -0.25) is 0 Å². The number of alkyl carbamates (subject to hydrolysis) is 1. The first-order valence-electron chi connectivity index (χ1n) is 8.47. The van der Waals surface area contributed by atoms with Crippen molar-refractivity contribution in [1.29, 1.82) is 0 Å². The van der Waals surface area contributed by atoms with Gasteiger partial charge in [-0.1, -0.05) is 20.1 Å². The van der Waals surface area contributed by atoms with Crippen LogP contribution in [0.2, 0.25) is 0 Å². The van der Waals surface area contributed by atoms with E-state index in [1.165, 1.54) is 0 Å². The third kappa shape index (κ3) is 12.6. The van der Waals surface area contributed by atoms with Gasteiger partial charge in [-0.25, -0.2) is 4.79 Å². The Morgan fingerprint density at radius 3 is 2.30 bits per heavy atom. The Morgan fingerprint density at radius 2 is 1.78 bits per heavy atom. The predicted octanol–water partition coefficient (Wildman–Crippen LogP) is 3.69. The molecule has 0 aromatic heterocycles. The third-order valence-corrected chi connectivity index (χ3v) is 3.03. The molecule has 0 spiro atoms. The Kier molecular flexibility index (Phi) is 10.2. The average molecular weight is 325 g/mol. The number of amides is 1. The van der Waals surface area contributed by atoms with E-state index in [1.54, 1.807) is 0 Å². The molecule has 0 aromatic rings. The summed E-state index contributed by atoms with van der Waals surface area (Å²) in [4.78, 5) is 11.5. The fourth-order valence-corrected chi connectivity index (χ4v) is 2.02. The lowest BCUT2D eigenvalue weighted by Crippen LogP contribution is -2.35. The summed E-state index contributed by atoms with van der Waals surface area (Å²) in [5, 5.41) is 9.47. The van der Waals surface area contributed by atoms with Crippen molar-refractivity contribution >= 4 is 6.09 Å². The Hall–Kier alpha value is -1.65. The number of carbonyl (C=O) groups is 1. The van der Waals surface area contributed by atoms with Gasteiger partial charge in [0.15, 0.2) is 0 Å². The van der Waals surface area contributed by atoms with Gasteiger partial charge in [0.25, 0.3) is 0 Å². The molecule has 0 aliphatic rings. The second-order valence-corrected chi connectivity index (χ2v) is 6.85. The molecule has 0 bridgehead atoms. The van der Waals surface area contributed by atoms with Crippen LogP contribution in [-0.2, 0) is 4.74 Å². The summed E-state index contributed by atoms with van der Waals surface area (Å²) in [7, 11) is 0. The van der Waals surface area contributed by atoms with Crippen LogP contribution >= 0.6 is 0 Å². The van der Waals surface area contributed by atoms with Gasteiger partial charge in [0.05, 0.1) is 6.04 Å². The minimum absolute atomic E-state index is 0.167. The number of unbranched alkanes of at least 4 members (excludes halogenated alkanes) is 1. The maximum Gasteiger partial charge on any atom is 0.407 e. The van der Waals surface area contributed by atoms with Crippen molar-refractivity contribution in [2.75, 3.05) is 13.1 Å². The normalized spacial score (nSPS) is 12.2. The smallest absolute Gasteiger partial charge is 0.407 e. The summed E-state index contributed by atoms with van der Waals surface area (Å²) in [6.07, 6.45) is 3.53. The van der Waals surface area contributed by atoms with Crippen LogP contribution in [0.4, 0.5) is 4.79 Å². The zero-order chi connectivity index (χ0) is 17.9. The van der Waals surface area contributed by atoms with E-state index in [4.69, 9.17) is 4.74 Å². The first kappa shape index (κ1) is 21.4. The standard InChI is InChI=1S/C18H35N3O2/c1-8-12-19-15(4)16(21-14(2)3)11-9-10-13-20-17(22)23-18(5,6)7/h16,19,21H,2,4,8-13H2,1,3,5-7H3,(H,20,22)/t16-/m0/s1. The molecule has 0 fully saturated rings. The fraction of sp³-hybridized carbons (Fsp3) is 0.722. The summed E-state index contributed by atoms with van der Waals surface area (Å²) in [5.41, 5.74) is 1.47. The molecule has 5 heteroatoms. The summed E-state index contributed by atoms with van der Waals surface area (Å²) >= 11 is 0. The van der Waals surface area contributed by atoms with Crippen molar-refractivity contribution < 1.29 is 9.53 Å². The Morgan fingerprint density at radius 1 is 1.13 bits per heavy atom. The summed E-state index contributed by atoms with van der Waals surface area (Å²) in [6, 6.07) is 0.167. The molecule has 3 N–H and O–H groups in total. The van der Waals surface area contributed by atoms with Gasteiger partial charge in [-0.05, 0) is 53.4 Å². The topological polar surface area (TPSA) is 62.4 Å². The summed E-state index contributed by atoms with van der Waals surface area (Å²) < 4.78 is 5.20. The Balaban J connectivity index is 4.05. The van der Waals surface area contributed by atoms with Gasteiger partial charge in [0, 0.05) is 24.5 Å². The largest absolute Gasteiger partial charge is 0.444 e. The van der Waals surface area contributed by atoms with Crippen molar-refractivity contribution in [2.45, 2.75) is 71.9 Å². The van der Waals surface area contributed by atoms with Gasteiger partial charge < -0.3 is 20.7 Å². The van der Waals surface area contributed by atoms with Crippen LogP contribution in [0.1, 0.15) is 60.3 Å². The highest BCUT2D eigenvalue weighted by molar-refractivity contribution is 5.67. The van der Waals surface area contributed by atoms with E-state index < -0.39 is 5.60 Å². The molecule has 0 radical (unpaired) electrons. The van der Waals surface area contributed by atoms with Crippen molar-refractivity contribution in [3.8, 4) is 0 Å². The lowest BCUT2D eigenvalue weighted by molar-refractivity contribution is 0.0527. The molecule has 134 valence electrons. The molecule has 0 aliphatic carbocycles. The molecular weight excluding hydrogens is 290 g/mol. The molecule has 0 aromatic carbocycles. The van der Waals surface area contributed by atoms with Gasteiger partial charge >= 0.3 is 6.09 Å². The van der Waals surface area contributed by atoms with E-state index >= 15 is 0 Å². The predicted molar refractivity (Wildman–Crippen MR) is 97.3 cm³/mol. The van der Waals surface area contributed by atoms with Crippen molar-refractivity contribution in [2.24, 2.45) is 0 Å². The maximum atomic E-state index is 11.5. The number of carbonyl (C=O) groups excluding carboxylic acids is 1. The van der Waals surface area contributed by atoms with E-state index in [0.29, 0.717) is 6.54 Å². The van der Waals surface area contributed by atoms with Gasteiger partial charge in [-0.2, -0.15) is 0 Å². The molecule has 1 amide bonds. The highest BCUT2D eigenvalue weighted by Crippen LogP contribution is 2.09. The van der Waals surface area contributed by atoms with Crippen LogP contribution < -0.4 is 16.0 Å². The number of hydrogen-bond donors (Lipinski definition) is 3. The van der Waals surface area contributed by atoms with Gasteiger partial charge in [-0.15, -0.1) is 0 Å². The van der Waals surface area contributed by atoms with Crippen LogP contribution in [0.5, 0.6) is 0 Å². The first-order valence-corrected chi connectivity index (χ1v) is 8.47. The minimum Gasteiger partial charge on any atom is -0.444 e. The van der Waals surface area contributed by atoms with Crippen LogP contribution in [0, 0.1) is 0 Å². The first-order chi connectivity index (χ1) is 10.7. The van der Waals surface area contributed by atoms with Crippen LogP contribution in [-0.4, -0.2) is 30.8 Å². The van der Waals surface area contributed by atoms with E-state index in [9.17, 15) is 4.79 Å². The van der Waals surface area contributed by atoms with E-state index in [2.05, 4.69) is 36.0 Å². The third-order valence-electron chi connectivity index (χ3n) is 3.03. The van der Waals surface area contributed by atoms with E-state index in [-0.39, 0.29) is 12.1 Å². The number of hydrogen-bond acceptors (Lipinski definition) is 4. The average Bonchev–Trinajstić information content (AvgIpc) is 2.40. The summed E-state index contributed by atoms with van der Waals surface area (Å²) in [5.74, 6) is 0. The quantitative estimate of drug-likeness (QED) is 0.507. The molecule has 0 unspecified atom stereocenters.